The van der Waals surface area contributed by atoms with E-state index in [1.54, 1.807) is 29.0 Å². The van der Waals surface area contributed by atoms with Gasteiger partial charge in [0.05, 0.1) is 12.8 Å². The molecule has 0 spiro atoms. The van der Waals surface area contributed by atoms with E-state index in [-0.39, 0.29) is 17.1 Å². The topological polar surface area (TPSA) is 105 Å². The van der Waals surface area contributed by atoms with Crippen LogP contribution in [0.5, 0.6) is 5.75 Å². The van der Waals surface area contributed by atoms with Crippen molar-refractivity contribution in [3.8, 4) is 5.75 Å². The lowest BCUT2D eigenvalue weighted by Gasteiger charge is -2.25. The summed E-state index contributed by atoms with van der Waals surface area (Å²) in [7, 11) is 0. The molecule has 2 heterocycles. The van der Waals surface area contributed by atoms with E-state index in [9.17, 15) is 14.7 Å². The van der Waals surface area contributed by atoms with Gasteiger partial charge < -0.3 is 20.5 Å². The molecule has 0 bridgehead atoms. The number of nitrogens with zero attached hydrogens (tertiary/aromatic N) is 2. The molecule has 4 rings (SSSR count). The number of carboxylic acids is 1. The molecule has 2 aromatic carbocycles. The number of para-hydroxylation sites is 1. The van der Waals surface area contributed by atoms with Crippen molar-refractivity contribution in [3.63, 3.8) is 0 Å². The second-order valence-corrected chi connectivity index (χ2v) is 7.60. The Morgan fingerprint density at radius 1 is 1.28 bits per heavy atom. The smallest absolute Gasteiger partial charge is 0.352 e. The van der Waals surface area contributed by atoms with Gasteiger partial charge in [0.2, 0.25) is 0 Å². The van der Waals surface area contributed by atoms with Crippen molar-refractivity contribution in [3.05, 3.63) is 82.1 Å². The quantitative estimate of drug-likeness (QED) is 0.509. The maximum Gasteiger partial charge on any atom is 0.352 e. The van der Waals surface area contributed by atoms with Gasteiger partial charge in [-0.2, -0.15) is 5.10 Å². The number of carboxylic acid groups (broad SMARTS) is 1. The lowest BCUT2D eigenvalue weighted by atomic mass is 10.0. The minimum Gasteiger partial charge on any atom is -0.494 e. The molecule has 0 saturated heterocycles. The number of hydrogen-bond donors (Lipinski definition) is 3. The normalized spacial score (nSPS) is 14.7. The van der Waals surface area contributed by atoms with Crippen LogP contribution in [0, 0.1) is 6.92 Å². The minimum atomic E-state index is -1.15. The van der Waals surface area contributed by atoms with E-state index >= 15 is 0 Å². The zero-order chi connectivity index (χ0) is 22.8. The second kappa shape index (κ2) is 8.76. The van der Waals surface area contributed by atoms with Gasteiger partial charge >= 0.3 is 5.97 Å². The number of rotatable bonds is 6. The summed E-state index contributed by atoms with van der Waals surface area (Å²) >= 11 is 6.15. The first kappa shape index (κ1) is 21.5. The van der Waals surface area contributed by atoms with Gasteiger partial charge in [-0.1, -0.05) is 35.9 Å². The molecular weight excluding hydrogens is 432 g/mol. The van der Waals surface area contributed by atoms with Gasteiger partial charge in [0.15, 0.2) is 0 Å². The summed E-state index contributed by atoms with van der Waals surface area (Å²) in [4.78, 5) is 24.8. The molecule has 1 aliphatic heterocycles. The van der Waals surface area contributed by atoms with Crippen molar-refractivity contribution in [1.29, 1.82) is 0 Å². The Hall–Kier alpha value is -3.78. The van der Waals surface area contributed by atoms with E-state index in [1.165, 1.54) is 6.20 Å². The van der Waals surface area contributed by atoms with Crippen LogP contribution in [0.15, 0.2) is 60.4 Å². The molecule has 9 heteroatoms. The molecule has 3 aromatic rings. The summed E-state index contributed by atoms with van der Waals surface area (Å²) in [6, 6.07) is 12.0. The van der Waals surface area contributed by atoms with E-state index in [0.29, 0.717) is 23.1 Å². The van der Waals surface area contributed by atoms with E-state index in [4.69, 9.17) is 16.3 Å². The second-order valence-electron chi connectivity index (χ2n) is 7.20. The van der Waals surface area contributed by atoms with Crippen LogP contribution < -0.4 is 15.4 Å². The highest BCUT2D eigenvalue weighted by atomic mass is 35.5. The molecule has 0 fully saturated rings. The molecule has 3 N–H and O–H groups in total. The first-order valence-corrected chi connectivity index (χ1v) is 10.4. The third kappa shape index (κ3) is 4.04. The van der Waals surface area contributed by atoms with Crippen molar-refractivity contribution in [2.45, 2.75) is 19.9 Å². The van der Waals surface area contributed by atoms with Gasteiger partial charge in [0.25, 0.3) is 5.91 Å². The number of hydrogen-bond acceptors (Lipinski definition) is 5. The number of allylic oxidation sites excluding steroid dienone is 1. The lowest BCUT2D eigenvalue weighted by Crippen LogP contribution is -2.26. The van der Waals surface area contributed by atoms with Gasteiger partial charge in [0.1, 0.15) is 28.9 Å². The molecule has 164 valence electrons. The zero-order valence-electron chi connectivity index (χ0n) is 17.4. The monoisotopic (exact) mass is 452 g/mol. The number of carbonyl (C=O) groups excluding carboxylic acids is 1. The average Bonchev–Trinajstić information content (AvgIpc) is 3.20. The summed E-state index contributed by atoms with van der Waals surface area (Å²) in [6.07, 6.45) is 2.95. The van der Waals surface area contributed by atoms with Gasteiger partial charge in [-0.05, 0) is 43.7 Å². The van der Waals surface area contributed by atoms with Gasteiger partial charge in [-0.15, -0.1) is 0 Å². The van der Waals surface area contributed by atoms with Crippen molar-refractivity contribution in [2.24, 2.45) is 0 Å². The minimum absolute atomic E-state index is 0.0540. The highest BCUT2D eigenvalue weighted by Gasteiger charge is 2.30. The van der Waals surface area contributed by atoms with Crippen LogP contribution in [-0.4, -0.2) is 33.4 Å². The van der Waals surface area contributed by atoms with Crippen molar-refractivity contribution >= 4 is 35.0 Å². The lowest BCUT2D eigenvalue weighted by molar-refractivity contribution is -0.132. The highest BCUT2D eigenvalue weighted by molar-refractivity contribution is 6.31. The number of benzene rings is 2. The number of aromatic nitrogens is 2. The van der Waals surface area contributed by atoms with E-state index in [1.807, 2.05) is 38.1 Å². The fourth-order valence-corrected chi connectivity index (χ4v) is 3.67. The molecule has 0 saturated carbocycles. The number of nitrogens with one attached hydrogen (secondary N) is 2. The Bertz CT molecular complexity index is 1230. The van der Waals surface area contributed by atoms with E-state index in [0.717, 1.165) is 11.1 Å². The highest BCUT2D eigenvalue weighted by Crippen LogP contribution is 2.36. The third-order valence-corrected chi connectivity index (χ3v) is 5.49. The Kier molecular flexibility index (Phi) is 5.87. The third-order valence-electron chi connectivity index (χ3n) is 5.08. The first-order chi connectivity index (χ1) is 15.4. The SMILES string of the molecule is CCOc1ccccc1[C@H]1C=C(C(=O)O)Nc2c(C(=O)Nc3ccc(C)c(Cl)c3)cnn21. The average molecular weight is 453 g/mol. The Labute approximate surface area is 189 Å². The van der Waals surface area contributed by atoms with Crippen LogP contribution in [0.3, 0.4) is 0 Å². The Morgan fingerprint density at radius 2 is 2.06 bits per heavy atom. The summed E-state index contributed by atoms with van der Waals surface area (Å²) in [6.45, 7) is 4.19. The zero-order valence-corrected chi connectivity index (χ0v) is 18.2. The van der Waals surface area contributed by atoms with Crippen LogP contribution in [-0.2, 0) is 4.79 Å². The Morgan fingerprint density at radius 3 is 2.78 bits per heavy atom. The molecule has 0 unspecified atom stereocenters. The predicted molar refractivity (Wildman–Crippen MR) is 121 cm³/mol. The first-order valence-electron chi connectivity index (χ1n) is 9.98. The standard InChI is InChI=1S/C23H21ClN4O4/c1-3-32-20-7-5-4-6-15(20)19-11-18(23(30)31)27-21-16(12-25-28(19)21)22(29)26-14-9-8-13(2)17(24)10-14/h4-12,19,27H,3H2,1-2H3,(H,26,29)(H,30,31)/t19-/m1/s1. The maximum atomic E-state index is 13.0. The molecule has 1 atom stereocenters. The fourth-order valence-electron chi connectivity index (χ4n) is 3.49. The number of aliphatic carboxylic acids is 1. The molecule has 1 amide bonds. The molecule has 8 nitrogen and oxygen atoms in total. The molecule has 1 aliphatic rings. The maximum absolute atomic E-state index is 13.0. The van der Waals surface area contributed by atoms with E-state index < -0.39 is 17.9 Å². The summed E-state index contributed by atoms with van der Waals surface area (Å²) < 4.78 is 7.30. The summed E-state index contributed by atoms with van der Waals surface area (Å²) in [5.41, 5.74) is 2.29. The van der Waals surface area contributed by atoms with Gasteiger partial charge in [-0.25, -0.2) is 9.48 Å². The van der Waals surface area contributed by atoms with Crippen LogP contribution in [0.1, 0.15) is 34.5 Å². The number of ether oxygens (including phenoxy) is 1. The number of halogens is 1. The number of aryl methyl sites for hydroxylation is 1. The fraction of sp³-hybridized carbons (Fsp3) is 0.174. The summed E-state index contributed by atoms with van der Waals surface area (Å²) in [5, 5.41) is 20.2. The van der Waals surface area contributed by atoms with E-state index in [2.05, 4.69) is 15.7 Å². The van der Waals surface area contributed by atoms with Crippen LogP contribution in [0.4, 0.5) is 11.5 Å². The molecule has 32 heavy (non-hydrogen) atoms. The van der Waals surface area contributed by atoms with Crippen molar-refractivity contribution in [2.75, 3.05) is 17.2 Å². The van der Waals surface area contributed by atoms with Crippen LogP contribution in [0.25, 0.3) is 0 Å². The van der Waals surface area contributed by atoms with Crippen molar-refractivity contribution in [1.82, 2.24) is 9.78 Å². The predicted octanol–water partition coefficient (Wildman–Crippen LogP) is 4.48. The molecule has 0 aliphatic carbocycles. The molecule has 0 radical (unpaired) electrons. The van der Waals surface area contributed by atoms with Crippen LogP contribution in [0.2, 0.25) is 5.02 Å². The number of amides is 1. The summed E-state index contributed by atoms with van der Waals surface area (Å²) in [5.74, 6) is -0.697. The molecule has 1 aromatic heterocycles. The largest absolute Gasteiger partial charge is 0.494 e. The number of anilines is 2. The van der Waals surface area contributed by atoms with Crippen LogP contribution >= 0.6 is 11.6 Å². The number of carbonyl (C=O) groups is 2. The van der Waals surface area contributed by atoms with Gasteiger partial charge in [0, 0.05) is 16.3 Å². The Balaban J connectivity index is 1.73. The van der Waals surface area contributed by atoms with Crippen molar-refractivity contribution < 1.29 is 19.4 Å². The molecular formula is C23H21ClN4O4. The van der Waals surface area contributed by atoms with Gasteiger partial charge in [-0.3, -0.25) is 4.79 Å². The number of fused-ring (bicyclic) bond motifs is 1.